The maximum Gasteiger partial charge on any atom is 0.275 e. The smallest absolute Gasteiger partial charge is 0.275 e. The first kappa shape index (κ1) is 16.1. The van der Waals surface area contributed by atoms with Crippen LogP contribution in [-0.4, -0.2) is 31.7 Å². The second-order valence-electron chi connectivity index (χ2n) is 5.58. The van der Waals surface area contributed by atoms with Gasteiger partial charge >= 0.3 is 0 Å². The molecule has 1 aromatic carbocycles. The lowest BCUT2D eigenvalue weighted by Gasteiger charge is -2.06. The highest BCUT2D eigenvalue weighted by atomic mass is 32.1. The number of aromatic nitrogens is 4. The first-order valence-corrected chi connectivity index (χ1v) is 8.43. The van der Waals surface area contributed by atoms with E-state index < -0.39 is 0 Å². The topological polar surface area (TPSA) is 84.7 Å². The van der Waals surface area contributed by atoms with Crippen molar-refractivity contribution in [2.45, 2.75) is 26.4 Å². The molecule has 0 saturated heterocycles. The van der Waals surface area contributed by atoms with E-state index in [1.807, 2.05) is 38.1 Å². The number of amides is 1. The predicted molar refractivity (Wildman–Crippen MR) is 94.4 cm³/mol. The van der Waals surface area contributed by atoms with Gasteiger partial charge in [0.05, 0.1) is 6.54 Å². The summed E-state index contributed by atoms with van der Waals surface area (Å²) in [5.41, 5.74) is 2.22. The fraction of sp³-hybridized carbons (Fsp3) is 0.250. The maximum atomic E-state index is 12.2. The van der Waals surface area contributed by atoms with Crippen LogP contribution in [0.4, 0.5) is 10.8 Å². The maximum absolute atomic E-state index is 12.2. The number of carbonyl (C=O) groups is 1. The molecule has 1 amide bonds. The quantitative estimate of drug-likeness (QED) is 0.719. The third kappa shape index (κ3) is 4.17. The molecule has 0 unspecified atom stereocenters. The summed E-state index contributed by atoms with van der Waals surface area (Å²) in [7, 11) is 0. The number of benzene rings is 1. The predicted octanol–water partition coefficient (Wildman–Crippen LogP) is 2.86. The van der Waals surface area contributed by atoms with Gasteiger partial charge in [0.25, 0.3) is 5.91 Å². The van der Waals surface area contributed by atoms with Crippen LogP contribution in [0.2, 0.25) is 0 Å². The Morgan fingerprint density at radius 2 is 2.08 bits per heavy atom. The molecule has 2 N–H and O–H groups in total. The summed E-state index contributed by atoms with van der Waals surface area (Å²) in [6, 6.07) is 7.91. The van der Waals surface area contributed by atoms with Gasteiger partial charge in [-0.15, -0.1) is 11.3 Å². The van der Waals surface area contributed by atoms with Crippen molar-refractivity contribution < 1.29 is 4.79 Å². The Balaban J connectivity index is 1.61. The third-order valence-electron chi connectivity index (χ3n) is 3.17. The minimum absolute atomic E-state index is 0.216. The lowest BCUT2D eigenvalue weighted by atomic mass is 10.2. The Labute approximate surface area is 143 Å². The van der Waals surface area contributed by atoms with Gasteiger partial charge in [-0.05, 0) is 31.5 Å². The number of thiazole rings is 1. The van der Waals surface area contributed by atoms with E-state index in [0.29, 0.717) is 12.2 Å². The summed E-state index contributed by atoms with van der Waals surface area (Å²) in [5.74, 6) is -0.216. The molecule has 3 aromatic rings. The van der Waals surface area contributed by atoms with E-state index >= 15 is 0 Å². The number of carbonyl (C=O) groups excluding carboxylic acids is 1. The van der Waals surface area contributed by atoms with Crippen molar-refractivity contribution in [3.63, 3.8) is 0 Å². The Morgan fingerprint density at radius 3 is 2.75 bits per heavy atom. The highest BCUT2D eigenvalue weighted by Gasteiger charge is 2.11. The van der Waals surface area contributed by atoms with Gasteiger partial charge in [0, 0.05) is 17.1 Å². The molecule has 124 valence electrons. The van der Waals surface area contributed by atoms with Gasteiger partial charge in [0.2, 0.25) is 0 Å². The molecule has 0 aliphatic rings. The Bertz CT molecular complexity index is 794. The van der Waals surface area contributed by atoms with Crippen molar-refractivity contribution in [2.75, 3.05) is 10.6 Å². The Kier molecular flexibility index (Phi) is 4.85. The molecule has 0 fully saturated rings. The lowest BCUT2D eigenvalue weighted by molar-refractivity contribution is 0.102. The molecule has 2 aromatic heterocycles. The van der Waals surface area contributed by atoms with E-state index in [9.17, 15) is 4.79 Å². The van der Waals surface area contributed by atoms with Crippen LogP contribution in [0.15, 0.2) is 42.3 Å². The van der Waals surface area contributed by atoms with Gasteiger partial charge in [0.15, 0.2) is 5.13 Å². The van der Waals surface area contributed by atoms with Crippen molar-refractivity contribution in [3.05, 3.63) is 53.6 Å². The fourth-order valence-corrected chi connectivity index (χ4v) is 2.92. The molecule has 2 heterocycles. The Hall–Kier alpha value is -2.74. The molecule has 3 rings (SSSR count). The van der Waals surface area contributed by atoms with Gasteiger partial charge in [-0.3, -0.25) is 4.79 Å². The summed E-state index contributed by atoms with van der Waals surface area (Å²) in [5, 5.41) is 12.6. The minimum Gasteiger partial charge on any atom is -0.359 e. The Morgan fingerprint density at radius 1 is 1.29 bits per heavy atom. The minimum atomic E-state index is -0.216. The first-order chi connectivity index (χ1) is 11.6. The molecule has 0 spiro atoms. The zero-order valence-electron chi connectivity index (χ0n) is 13.4. The van der Waals surface area contributed by atoms with Gasteiger partial charge in [-0.2, -0.15) is 5.10 Å². The number of nitrogens with zero attached hydrogens (tertiary/aromatic N) is 4. The summed E-state index contributed by atoms with van der Waals surface area (Å²) in [6.45, 7) is 4.70. The van der Waals surface area contributed by atoms with Crippen molar-refractivity contribution in [1.82, 2.24) is 19.7 Å². The van der Waals surface area contributed by atoms with E-state index in [1.54, 1.807) is 16.4 Å². The molecule has 8 heteroatoms. The van der Waals surface area contributed by atoms with Crippen molar-refractivity contribution in [3.8, 4) is 0 Å². The summed E-state index contributed by atoms with van der Waals surface area (Å²) in [6.07, 6.45) is 3.17. The van der Waals surface area contributed by atoms with Crippen molar-refractivity contribution >= 4 is 28.1 Å². The van der Waals surface area contributed by atoms with E-state index in [4.69, 9.17) is 0 Å². The summed E-state index contributed by atoms with van der Waals surface area (Å²) >= 11 is 1.42. The second-order valence-corrected chi connectivity index (χ2v) is 6.44. The molecule has 0 atom stereocenters. The molecule has 0 aliphatic carbocycles. The average molecular weight is 342 g/mol. The molecule has 24 heavy (non-hydrogen) atoms. The number of hydrogen-bond donors (Lipinski definition) is 2. The average Bonchev–Trinajstić information content (AvgIpc) is 3.20. The van der Waals surface area contributed by atoms with Gasteiger partial charge in [-0.1, -0.05) is 12.1 Å². The monoisotopic (exact) mass is 342 g/mol. The number of anilines is 2. The normalized spacial score (nSPS) is 10.8. The second kappa shape index (κ2) is 7.22. The molecule has 0 radical (unpaired) electrons. The van der Waals surface area contributed by atoms with Gasteiger partial charge in [-0.25, -0.2) is 14.6 Å². The molecule has 7 nitrogen and oxygen atoms in total. The zero-order valence-corrected chi connectivity index (χ0v) is 14.2. The van der Waals surface area contributed by atoms with Crippen molar-refractivity contribution in [2.24, 2.45) is 0 Å². The van der Waals surface area contributed by atoms with Gasteiger partial charge < -0.3 is 10.6 Å². The highest BCUT2D eigenvalue weighted by Crippen LogP contribution is 2.18. The van der Waals surface area contributed by atoms with E-state index in [0.717, 1.165) is 16.4 Å². The van der Waals surface area contributed by atoms with Crippen LogP contribution in [0.1, 0.15) is 29.9 Å². The summed E-state index contributed by atoms with van der Waals surface area (Å²) in [4.78, 5) is 20.4. The molecule has 0 saturated carbocycles. The first-order valence-electron chi connectivity index (χ1n) is 7.55. The largest absolute Gasteiger partial charge is 0.359 e. The van der Waals surface area contributed by atoms with Crippen LogP contribution in [0.5, 0.6) is 0 Å². The van der Waals surface area contributed by atoms with E-state index in [2.05, 4.69) is 25.7 Å². The van der Waals surface area contributed by atoms with Crippen LogP contribution < -0.4 is 10.6 Å². The highest BCUT2D eigenvalue weighted by molar-refractivity contribution is 7.13. The SMILES string of the molecule is CC(C)Nc1nc(C(=O)Nc2ccc(Cn3cncn3)cc2)cs1. The third-order valence-corrected chi connectivity index (χ3v) is 3.95. The number of nitrogens with one attached hydrogen (secondary N) is 2. The number of rotatable bonds is 6. The molecular weight excluding hydrogens is 324 g/mol. The van der Waals surface area contributed by atoms with Crippen molar-refractivity contribution in [1.29, 1.82) is 0 Å². The van der Waals surface area contributed by atoms with E-state index in [-0.39, 0.29) is 11.9 Å². The summed E-state index contributed by atoms with van der Waals surface area (Å²) < 4.78 is 1.74. The van der Waals surface area contributed by atoms with Crippen LogP contribution in [0.3, 0.4) is 0 Å². The number of hydrogen-bond acceptors (Lipinski definition) is 6. The van der Waals surface area contributed by atoms with Gasteiger partial charge in [0.1, 0.15) is 18.3 Å². The molecule has 0 bridgehead atoms. The fourth-order valence-electron chi connectivity index (χ4n) is 2.08. The van der Waals surface area contributed by atoms with Crippen LogP contribution in [-0.2, 0) is 6.54 Å². The van der Waals surface area contributed by atoms with Crippen LogP contribution in [0.25, 0.3) is 0 Å². The molecule has 0 aliphatic heterocycles. The molecular formula is C16H18N6OS. The van der Waals surface area contributed by atoms with Crippen LogP contribution in [0, 0.1) is 0 Å². The van der Waals surface area contributed by atoms with Crippen LogP contribution >= 0.6 is 11.3 Å². The lowest BCUT2D eigenvalue weighted by Crippen LogP contribution is -2.13. The van der Waals surface area contributed by atoms with E-state index in [1.165, 1.54) is 17.7 Å². The standard InChI is InChI=1S/C16H18N6OS/c1-11(2)19-16-21-14(8-24-16)15(23)20-13-5-3-12(4-6-13)7-22-10-17-9-18-22/h3-6,8-11H,7H2,1-2H3,(H,19,21)(H,20,23). The zero-order chi connectivity index (χ0) is 16.9.